The van der Waals surface area contributed by atoms with Crippen molar-refractivity contribution in [3.05, 3.63) is 40.2 Å². The summed E-state index contributed by atoms with van der Waals surface area (Å²) in [7, 11) is 3.60. The van der Waals surface area contributed by atoms with Crippen LogP contribution in [0.15, 0.2) is 34.4 Å². The first-order chi connectivity index (χ1) is 11.2. The van der Waals surface area contributed by atoms with E-state index in [0.717, 1.165) is 38.2 Å². The first-order valence-electron chi connectivity index (χ1n) is 7.98. The van der Waals surface area contributed by atoms with E-state index < -0.39 is 0 Å². The van der Waals surface area contributed by atoms with Gasteiger partial charge >= 0.3 is 5.97 Å². The number of thioether (sulfide) groups is 1. The number of carbonyl (C=O) groups excluding carboxylic acids is 1. The highest BCUT2D eigenvalue weighted by atomic mass is 32.2. The normalized spacial score (nSPS) is 21.9. The third-order valence-electron chi connectivity index (χ3n) is 4.51. The molecule has 6 heteroatoms. The van der Waals surface area contributed by atoms with Gasteiger partial charge < -0.3 is 14.2 Å². The van der Waals surface area contributed by atoms with Gasteiger partial charge in [0.25, 0.3) is 0 Å². The summed E-state index contributed by atoms with van der Waals surface area (Å²) in [4.78, 5) is 19.8. The Kier molecular flexibility index (Phi) is 5.23. The Hall–Kier alpha value is -1.53. The zero-order chi connectivity index (χ0) is 16.2. The van der Waals surface area contributed by atoms with Crippen molar-refractivity contribution in [2.75, 3.05) is 27.2 Å². The second-order valence-electron chi connectivity index (χ2n) is 6.08. The summed E-state index contributed by atoms with van der Waals surface area (Å²) in [6, 6.07) is 0. The van der Waals surface area contributed by atoms with Crippen molar-refractivity contribution in [3.8, 4) is 0 Å². The van der Waals surface area contributed by atoms with E-state index in [1.54, 1.807) is 11.8 Å². The van der Waals surface area contributed by atoms with Crippen LogP contribution in [0.2, 0.25) is 0 Å². The molecule has 0 N–H and O–H groups in total. The predicted molar refractivity (Wildman–Crippen MR) is 91.9 cm³/mol. The van der Waals surface area contributed by atoms with E-state index in [1.807, 2.05) is 22.5 Å². The molecule has 1 aromatic heterocycles. The maximum absolute atomic E-state index is 11.5. The Balaban J connectivity index is 1.72. The average Bonchev–Trinajstić information content (AvgIpc) is 3.18. The molecular weight excluding hydrogens is 310 g/mol. The zero-order valence-electron chi connectivity index (χ0n) is 13.7. The number of aromatic nitrogens is 2. The monoisotopic (exact) mass is 333 g/mol. The standard InChI is InChI=1S/C17H23N3O2S/c1-19-7-3-13(4-8-19)17-14(5-10-23-17)11-15-18-6-9-20(15)12-16(21)22-2/h5-6,9-10,14H,3-4,7-8,11-12H2,1-2H3. The molecule has 1 atom stereocenters. The van der Waals surface area contributed by atoms with E-state index in [1.165, 1.54) is 12.0 Å². The van der Waals surface area contributed by atoms with Gasteiger partial charge in [-0.05, 0) is 30.2 Å². The largest absolute Gasteiger partial charge is 0.468 e. The van der Waals surface area contributed by atoms with Gasteiger partial charge in [0.2, 0.25) is 0 Å². The van der Waals surface area contributed by atoms with Crippen molar-refractivity contribution < 1.29 is 9.53 Å². The van der Waals surface area contributed by atoms with Gasteiger partial charge in [0.05, 0.1) is 7.11 Å². The highest BCUT2D eigenvalue weighted by Gasteiger charge is 2.24. The molecule has 0 bridgehead atoms. The molecule has 124 valence electrons. The summed E-state index contributed by atoms with van der Waals surface area (Å²) in [5.74, 6) is 1.09. The quantitative estimate of drug-likeness (QED) is 0.792. The zero-order valence-corrected chi connectivity index (χ0v) is 14.5. The Labute approximate surface area is 141 Å². The number of esters is 1. The summed E-state index contributed by atoms with van der Waals surface area (Å²) < 4.78 is 6.64. The van der Waals surface area contributed by atoms with E-state index >= 15 is 0 Å². The average molecular weight is 333 g/mol. The maximum atomic E-state index is 11.5. The number of nitrogens with zero attached hydrogens (tertiary/aromatic N) is 3. The molecule has 1 fully saturated rings. The highest BCUT2D eigenvalue weighted by Crippen LogP contribution is 2.40. The lowest BCUT2D eigenvalue weighted by Gasteiger charge is -2.26. The van der Waals surface area contributed by atoms with Gasteiger partial charge in [-0.15, -0.1) is 11.8 Å². The Bertz CT molecular complexity index is 626. The first-order valence-corrected chi connectivity index (χ1v) is 8.86. The minimum Gasteiger partial charge on any atom is -0.468 e. The van der Waals surface area contributed by atoms with Crippen LogP contribution in [-0.4, -0.2) is 47.7 Å². The van der Waals surface area contributed by atoms with Crippen LogP contribution in [0, 0.1) is 5.92 Å². The fraction of sp³-hybridized carbons (Fsp3) is 0.529. The number of piperidine rings is 1. The number of ether oxygens (including phenoxy) is 1. The van der Waals surface area contributed by atoms with E-state index in [-0.39, 0.29) is 12.5 Å². The second-order valence-corrected chi connectivity index (χ2v) is 7.02. The molecule has 2 aliphatic heterocycles. The molecule has 5 nitrogen and oxygen atoms in total. The highest BCUT2D eigenvalue weighted by molar-refractivity contribution is 8.06. The molecular formula is C17H23N3O2S. The second kappa shape index (κ2) is 7.36. The minimum atomic E-state index is -0.241. The molecule has 0 spiro atoms. The lowest BCUT2D eigenvalue weighted by atomic mass is 9.96. The Morgan fingerprint density at radius 2 is 2.22 bits per heavy atom. The van der Waals surface area contributed by atoms with Gasteiger partial charge in [0.15, 0.2) is 0 Å². The molecule has 1 aromatic rings. The van der Waals surface area contributed by atoms with Gasteiger partial charge in [-0.25, -0.2) is 4.98 Å². The molecule has 3 heterocycles. The van der Waals surface area contributed by atoms with Crippen LogP contribution in [-0.2, 0) is 22.5 Å². The van der Waals surface area contributed by atoms with Crippen molar-refractivity contribution in [1.29, 1.82) is 0 Å². The van der Waals surface area contributed by atoms with Crippen molar-refractivity contribution in [2.24, 2.45) is 5.92 Å². The summed E-state index contributed by atoms with van der Waals surface area (Å²) in [5, 5.41) is 2.19. The lowest BCUT2D eigenvalue weighted by Crippen LogP contribution is -2.27. The summed E-state index contributed by atoms with van der Waals surface area (Å²) in [6.45, 7) is 2.51. The van der Waals surface area contributed by atoms with Crippen molar-refractivity contribution in [3.63, 3.8) is 0 Å². The number of hydrogen-bond donors (Lipinski definition) is 0. The fourth-order valence-electron chi connectivity index (χ4n) is 3.10. The first kappa shape index (κ1) is 16.3. The van der Waals surface area contributed by atoms with E-state index in [9.17, 15) is 4.79 Å². The number of rotatable bonds is 4. The smallest absolute Gasteiger partial charge is 0.325 e. The third kappa shape index (κ3) is 3.87. The van der Waals surface area contributed by atoms with Crippen molar-refractivity contribution in [1.82, 2.24) is 14.5 Å². The molecule has 0 aliphatic carbocycles. The van der Waals surface area contributed by atoms with Crippen molar-refractivity contribution in [2.45, 2.75) is 25.8 Å². The van der Waals surface area contributed by atoms with Gasteiger partial charge in [0, 0.05) is 37.8 Å². The molecule has 1 unspecified atom stereocenters. The molecule has 0 aromatic carbocycles. The maximum Gasteiger partial charge on any atom is 0.325 e. The van der Waals surface area contributed by atoms with Crippen LogP contribution >= 0.6 is 11.8 Å². The van der Waals surface area contributed by atoms with Gasteiger partial charge in [-0.3, -0.25) is 4.79 Å². The number of likely N-dealkylation sites (tertiary alicyclic amines) is 1. The van der Waals surface area contributed by atoms with Gasteiger partial charge in [0.1, 0.15) is 12.4 Å². The molecule has 0 amide bonds. The summed E-state index contributed by atoms with van der Waals surface area (Å²) in [5.41, 5.74) is 1.59. The number of hydrogen-bond acceptors (Lipinski definition) is 5. The minimum absolute atomic E-state index is 0.228. The number of allylic oxidation sites excluding steroid dienone is 2. The number of imidazole rings is 1. The van der Waals surface area contributed by atoms with Crippen LogP contribution in [0.1, 0.15) is 18.7 Å². The van der Waals surface area contributed by atoms with E-state index in [4.69, 9.17) is 4.74 Å². The molecule has 3 rings (SSSR count). The fourth-order valence-corrected chi connectivity index (χ4v) is 4.22. The van der Waals surface area contributed by atoms with Crippen molar-refractivity contribution >= 4 is 17.7 Å². The van der Waals surface area contributed by atoms with E-state index in [0.29, 0.717) is 5.92 Å². The molecule has 0 saturated carbocycles. The van der Waals surface area contributed by atoms with Crippen LogP contribution in [0.4, 0.5) is 0 Å². The van der Waals surface area contributed by atoms with Gasteiger partial charge in [-0.2, -0.15) is 0 Å². The molecule has 1 saturated heterocycles. The van der Waals surface area contributed by atoms with Crippen LogP contribution in [0.3, 0.4) is 0 Å². The molecule has 23 heavy (non-hydrogen) atoms. The lowest BCUT2D eigenvalue weighted by molar-refractivity contribution is -0.141. The van der Waals surface area contributed by atoms with Crippen LogP contribution in [0.25, 0.3) is 0 Å². The molecule has 2 aliphatic rings. The summed E-state index contributed by atoms with van der Waals surface area (Å²) >= 11 is 1.86. The third-order valence-corrected chi connectivity index (χ3v) is 5.65. The SMILES string of the molecule is COC(=O)Cn1ccnc1CC1C=CSC1=C1CCN(C)CC1. The Morgan fingerprint density at radius 3 is 2.96 bits per heavy atom. The molecule has 0 radical (unpaired) electrons. The predicted octanol–water partition coefficient (Wildman–Crippen LogP) is 2.46. The number of carbonyl (C=O) groups is 1. The van der Waals surface area contributed by atoms with E-state index in [2.05, 4.69) is 28.4 Å². The number of methoxy groups -OCH3 is 1. The van der Waals surface area contributed by atoms with Crippen LogP contribution in [0.5, 0.6) is 0 Å². The van der Waals surface area contributed by atoms with Crippen LogP contribution < -0.4 is 0 Å². The van der Waals surface area contributed by atoms with Gasteiger partial charge in [-0.1, -0.05) is 11.6 Å². The Morgan fingerprint density at radius 1 is 1.43 bits per heavy atom. The summed E-state index contributed by atoms with van der Waals surface area (Å²) in [6.07, 6.45) is 9.03. The topological polar surface area (TPSA) is 47.4 Å².